The van der Waals surface area contributed by atoms with Crippen LogP contribution < -0.4 is 4.72 Å². The molecule has 1 aromatic carbocycles. The maximum absolute atomic E-state index is 12.7. The van der Waals surface area contributed by atoms with Crippen LogP contribution in [0.3, 0.4) is 0 Å². The molecule has 0 unspecified atom stereocenters. The van der Waals surface area contributed by atoms with E-state index in [0.29, 0.717) is 46.9 Å². The predicted molar refractivity (Wildman–Crippen MR) is 131 cm³/mol. The van der Waals surface area contributed by atoms with Crippen molar-refractivity contribution in [2.75, 3.05) is 19.6 Å². The van der Waals surface area contributed by atoms with Gasteiger partial charge in [0.05, 0.1) is 15.7 Å². The van der Waals surface area contributed by atoms with Crippen molar-refractivity contribution in [3.8, 4) is 0 Å². The minimum atomic E-state index is -3.48. The summed E-state index contributed by atoms with van der Waals surface area (Å²) in [7, 11) is -3.48. The van der Waals surface area contributed by atoms with Gasteiger partial charge in [-0.1, -0.05) is 42.1 Å². The second-order valence-electron chi connectivity index (χ2n) is 9.01. The fourth-order valence-corrected chi connectivity index (χ4v) is 6.11. The third-order valence-corrected chi connectivity index (χ3v) is 8.62. The number of sulfonamides is 1. The van der Waals surface area contributed by atoms with Crippen molar-refractivity contribution in [2.24, 2.45) is 5.92 Å². The Hall–Kier alpha value is -1.67. The Morgan fingerprint density at radius 1 is 1.03 bits per heavy atom. The smallest absolute Gasteiger partial charge is 0.253 e. The molecule has 1 saturated heterocycles. The van der Waals surface area contributed by atoms with E-state index in [2.05, 4.69) is 9.71 Å². The SMILES string of the molecule is O=C(c1ccc(Cl)c(Cl)c1)N1CCC(CNS(=O)(=O)Cc2cccc(C3CCCC3)n2)CC1. The highest BCUT2D eigenvalue weighted by Gasteiger charge is 2.25. The average molecular weight is 510 g/mol. The van der Waals surface area contributed by atoms with Crippen molar-refractivity contribution in [3.63, 3.8) is 0 Å². The molecule has 0 atom stereocenters. The van der Waals surface area contributed by atoms with Gasteiger partial charge in [-0.3, -0.25) is 9.78 Å². The van der Waals surface area contributed by atoms with E-state index in [1.54, 1.807) is 29.2 Å². The molecule has 0 bridgehead atoms. The van der Waals surface area contributed by atoms with E-state index in [1.807, 2.05) is 12.1 Å². The normalized spacial score (nSPS) is 18.1. The van der Waals surface area contributed by atoms with E-state index in [0.717, 1.165) is 31.4 Å². The van der Waals surface area contributed by atoms with Crippen LogP contribution in [0, 0.1) is 5.92 Å². The highest BCUT2D eigenvalue weighted by molar-refractivity contribution is 7.88. The van der Waals surface area contributed by atoms with Gasteiger partial charge in [-0.25, -0.2) is 13.1 Å². The summed E-state index contributed by atoms with van der Waals surface area (Å²) in [6.45, 7) is 1.53. The van der Waals surface area contributed by atoms with Gasteiger partial charge in [0, 0.05) is 36.8 Å². The lowest BCUT2D eigenvalue weighted by molar-refractivity contribution is 0.0692. The number of aromatic nitrogens is 1. The standard InChI is InChI=1S/C24H29Cl2N3O3S/c25-21-9-8-19(14-22(21)26)24(30)29-12-10-17(11-13-29)15-27-33(31,32)16-20-6-3-7-23(28-20)18-4-1-2-5-18/h3,6-9,14,17-18,27H,1-2,4-5,10-13,15-16H2. The van der Waals surface area contributed by atoms with E-state index >= 15 is 0 Å². The maximum atomic E-state index is 12.7. The van der Waals surface area contributed by atoms with Crippen LogP contribution in [0.1, 0.15) is 66.2 Å². The first-order chi connectivity index (χ1) is 15.8. The highest BCUT2D eigenvalue weighted by atomic mass is 35.5. The summed E-state index contributed by atoms with van der Waals surface area (Å²) in [4.78, 5) is 19.1. The molecule has 1 aliphatic heterocycles. The van der Waals surface area contributed by atoms with Gasteiger partial charge in [-0.15, -0.1) is 0 Å². The van der Waals surface area contributed by atoms with Gasteiger partial charge in [0.15, 0.2) is 0 Å². The molecule has 1 aromatic heterocycles. The van der Waals surface area contributed by atoms with Crippen molar-refractivity contribution in [2.45, 2.75) is 50.2 Å². The van der Waals surface area contributed by atoms with Gasteiger partial charge < -0.3 is 4.90 Å². The predicted octanol–water partition coefficient (Wildman–Crippen LogP) is 5.02. The zero-order valence-electron chi connectivity index (χ0n) is 18.5. The summed E-state index contributed by atoms with van der Waals surface area (Å²) in [5.41, 5.74) is 2.11. The number of amides is 1. The quantitative estimate of drug-likeness (QED) is 0.568. The fourth-order valence-electron chi connectivity index (χ4n) is 4.67. The summed E-state index contributed by atoms with van der Waals surface area (Å²) in [5.74, 6) is 0.455. The second kappa shape index (κ2) is 10.7. The van der Waals surface area contributed by atoms with Gasteiger partial charge in [0.1, 0.15) is 5.75 Å². The maximum Gasteiger partial charge on any atom is 0.253 e. The molecule has 0 radical (unpaired) electrons. The van der Waals surface area contributed by atoms with Crippen molar-refractivity contribution >= 4 is 39.1 Å². The summed E-state index contributed by atoms with van der Waals surface area (Å²) < 4.78 is 28.1. The topological polar surface area (TPSA) is 79.4 Å². The zero-order valence-corrected chi connectivity index (χ0v) is 20.8. The van der Waals surface area contributed by atoms with Crippen LogP contribution in [0.25, 0.3) is 0 Å². The number of likely N-dealkylation sites (tertiary alicyclic amines) is 1. The lowest BCUT2D eigenvalue weighted by atomic mass is 9.96. The van der Waals surface area contributed by atoms with Crippen LogP contribution in [0.15, 0.2) is 36.4 Å². The number of carbonyl (C=O) groups excluding carboxylic acids is 1. The number of hydrogen-bond donors (Lipinski definition) is 1. The van der Waals surface area contributed by atoms with Crippen LogP contribution in [-0.4, -0.2) is 43.8 Å². The van der Waals surface area contributed by atoms with Crippen molar-refractivity contribution in [1.29, 1.82) is 0 Å². The number of nitrogens with zero attached hydrogens (tertiary/aromatic N) is 2. The number of piperidine rings is 1. The lowest BCUT2D eigenvalue weighted by Crippen LogP contribution is -2.41. The van der Waals surface area contributed by atoms with Crippen LogP contribution in [0.2, 0.25) is 10.0 Å². The second-order valence-corrected chi connectivity index (χ2v) is 11.6. The molecule has 0 spiro atoms. The lowest BCUT2D eigenvalue weighted by Gasteiger charge is -2.32. The van der Waals surface area contributed by atoms with Gasteiger partial charge in [0.2, 0.25) is 10.0 Å². The Bertz CT molecular complexity index is 1100. The monoisotopic (exact) mass is 509 g/mol. The molecule has 1 N–H and O–H groups in total. The number of pyridine rings is 1. The molecule has 9 heteroatoms. The number of hydrogen-bond acceptors (Lipinski definition) is 4. The molecule has 1 saturated carbocycles. The molecule has 1 amide bonds. The third-order valence-electron chi connectivity index (χ3n) is 6.60. The number of benzene rings is 1. The Labute approximate surface area is 205 Å². The first-order valence-corrected chi connectivity index (χ1v) is 13.9. The van der Waals surface area contributed by atoms with Crippen molar-refractivity contribution in [3.05, 3.63) is 63.4 Å². The summed E-state index contributed by atoms with van der Waals surface area (Å²) in [6.07, 6.45) is 6.18. The Balaban J connectivity index is 1.26. The molecule has 178 valence electrons. The Morgan fingerprint density at radius 2 is 1.76 bits per heavy atom. The summed E-state index contributed by atoms with van der Waals surface area (Å²) >= 11 is 12.0. The number of nitrogens with one attached hydrogen (secondary N) is 1. The molecule has 2 heterocycles. The van der Waals surface area contributed by atoms with Gasteiger partial charge in [-0.05, 0) is 61.9 Å². The van der Waals surface area contributed by atoms with E-state index in [1.165, 1.54) is 12.8 Å². The molecule has 1 aliphatic carbocycles. The number of carbonyl (C=O) groups is 1. The van der Waals surface area contributed by atoms with E-state index in [9.17, 15) is 13.2 Å². The number of rotatable bonds is 7. The van der Waals surface area contributed by atoms with E-state index in [-0.39, 0.29) is 17.6 Å². The van der Waals surface area contributed by atoms with Gasteiger partial charge >= 0.3 is 0 Å². The minimum absolute atomic E-state index is 0.0826. The van der Waals surface area contributed by atoms with Crippen molar-refractivity contribution in [1.82, 2.24) is 14.6 Å². The first-order valence-electron chi connectivity index (χ1n) is 11.5. The minimum Gasteiger partial charge on any atom is -0.339 e. The van der Waals surface area contributed by atoms with Crippen LogP contribution in [-0.2, 0) is 15.8 Å². The summed E-state index contributed by atoms with van der Waals surface area (Å²) in [6, 6.07) is 10.6. The first kappa shape index (κ1) is 24.5. The van der Waals surface area contributed by atoms with E-state index < -0.39 is 10.0 Å². The van der Waals surface area contributed by atoms with Crippen molar-refractivity contribution < 1.29 is 13.2 Å². The Morgan fingerprint density at radius 3 is 2.45 bits per heavy atom. The molecular weight excluding hydrogens is 481 g/mol. The van der Waals surface area contributed by atoms with E-state index in [4.69, 9.17) is 23.2 Å². The van der Waals surface area contributed by atoms with Crippen LogP contribution in [0.4, 0.5) is 0 Å². The molecular formula is C24H29Cl2N3O3S. The largest absolute Gasteiger partial charge is 0.339 e. The molecule has 33 heavy (non-hydrogen) atoms. The summed E-state index contributed by atoms with van der Waals surface area (Å²) in [5, 5.41) is 0.773. The van der Waals surface area contributed by atoms with Gasteiger partial charge in [-0.2, -0.15) is 0 Å². The molecule has 6 nitrogen and oxygen atoms in total. The number of halogens is 2. The average Bonchev–Trinajstić information content (AvgIpc) is 3.35. The van der Waals surface area contributed by atoms with Gasteiger partial charge in [0.25, 0.3) is 5.91 Å². The third kappa shape index (κ3) is 6.47. The Kier molecular flexibility index (Phi) is 7.95. The van der Waals surface area contributed by atoms with Crippen LogP contribution in [0.5, 0.6) is 0 Å². The molecule has 4 rings (SSSR count). The highest BCUT2D eigenvalue weighted by Crippen LogP contribution is 2.33. The van der Waals surface area contributed by atoms with Crippen LogP contribution >= 0.6 is 23.2 Å². The fraction of sp³-hybridized carbons (Fsp3) is 0.500. The molecule has 2 aliphatic rings. The molecule has 2 fully saturated rings. The molecule has 2 aromatic rings. The zero-order chi connectivity index (χ0) is 23.4.